The molecule has 1 aromatic rings. The van der Waals surface area contributed by atoms with Crippen molar-refractivity contribution in [1.29, 1.82) is 0 Å². The lowest BCUT2D eigenvalue weighted by atomic mass is 9.79. The second-order valence-electron chi connectivity index (χ2n) is 5.95. The highest BCUT2D eigenvalue weighted by molar-refractivity contribution is 7.89. The minimum atomic E-state index is -3.43. The zero-order valence-electron chi connectivity index (χ0n) is 12.0. The minimum absolute atomic E-state index is 0.217. The summed E-state index contributed by atoms with van der Waals surface area (Å²) in [5, 5.41) is 4.42. The third kappa shape index (κ3) is 2.27. The molecule has 2 saturated heterocycles. The molecule has 0 bridgehead atoms. The van der Waals surface area contributed by atoms with Crippen molar-refractivity contribution in [1.82, 2.24) is 14.1 Å². The first kappa shape index (κ1) is 14.0. The average molecular weight is 299 g/mol. The van der Waals surface area contributed by atoms with Crippen molar-refractivity contribution in [3.8, 4) is 0 Å². The normalized spacial score (nSPS) is 23.5. The smallest absolute Gasteiger partial charge is 0.260 e. The SMILES string of the molecule is Cc1cc(S(=O)(=O)N2CCC3(CCOC3)CC2)n(C)n1. The van der Waals surface area contributed by atoms with E-state index in [1.807, 2.05) is 0 Å². The third-order valence-corrected chi connectivity index (χ3v) is 6.49. The molecule has 0 amide bonds. The fraction of sp³-hybridized carbons (Fsp3) is 0.769. The number of aryl methyl sites for hydroxylation is 2. The Balaban J connectivity index is 1.78. The first-order chi connectivity index (χ1) is 9.43. The van der Waals surface area contributed by atoms with Gasteiger partial charge in [-0.3, -0.25) is 4.68 Å². The molecule has 0 N–H and O–H groups in total. The lowest BCUT2D eigenvalue weighted by Crippen LogP contribution is -2.43. The highest BCUT2D eigenvalue weighted by Gasteiger charge is 2.41. The minimum Gasteiger partial charge on any atom is -0.381 e. The van der Waals surface area contributed by atoms with Gasteiger partial charge in [0, 0.05) is 26.7 Å². The van der Waals surface area contributed by atoms with Gasteiger partial charge in [0.2, 0.25) is 0 Å². The summed E-state index contributed by atoms with van der Waals surface area (Å²) in [5.41, 5.74) is 0.942. The molecular formula is C13H21N3O3S. The van der Waals surface area contributed by atoms with E-state index in [0.717, 1.165) is 38.2 Å². The van der Waals surface area contributed by atoms with Crippen LogP contribution in [0.15, 0.2) is 11.1 Å². The average Bonchev–Trinajstić information content (AvgIpc) is 2.97. The first-order valence-corrected chi connectivity index (χ1v) is 8.46. The van der Waals surface area contributed by atoms with Gasteiger partial charge in [-0.2, -0.15) is 9.40 Å². The summed E-state index contributed by atoms with van der Waals surface area (Å²) in [6, 6.07) is 1.64. The standard InChI is InChI=1S/C13H21N3O3S/c1-11-9-12(15(2)14-11)20(17,18)16-6-3-13(4-7-16)5-8-19-10-13/h9H,3-8,10H2,1-2H3. The molecule has 2 aliphatic rings. The van der Waals surface area contributed by atoms with Crippen LogP contribution in [0, 0.1) is 12.3 Å². The Morgan fingerprint density at radius 2 is 2.00 bits per heavy atom. The predicted octanol–water partition coefficient (Wildman–Crippen LogP) is 0.920. The van der Waals surface area contributed by atoms with Crippen molar-refractivity contribution in [3.63, 3.8) is 0 Å². The Morgan fingerprint density at radius 3 is 2.50 bits per heavy atom. The lowest BCUT2D eigenvalue weighted by Gasteiger charge is -2.37. The molecule has 0 saturated carbocycles. The number of nitrogens with zero attached hydrogens (tertiary/aromatic N) is 3. The fourth-order valence-electron chi connectivity index (χ4n) is 3.21. The molecule has 2 aliphatic heterocycles. The largest absolute Gasteiger partial charge is 0.381 e. The first-order valence-electron chi connectivity index (χ1n) is 7.02. The monoisotopic (exact) mass is 299 g/mol. The molecule has 6 nitrogen and oxygen atoms in total. The summed E-state index contributed by atoms with van der Waals surface area (Å²) < 4.78 is 33.8. The molecule has 112 valence electrons. The van der Waals surface area contributed by atoms with Crippen molar-refractivity contribution in [2.75, 3.05) is 26.3 Å². The molecule has 7 heteroatoms. The van der Waals surface area contributed by atoms with Crippen LogP contribution in [-0.4, -0.2) is 48.8 Å². The molecule has 0 radical (unpaired) electrons. The van der Waals surface area contributed by atoms with Crippen LogP contribution in [0.25, 0.3) is 0 Å². The molecule has 1 aromatic heterocycles. The Labute approximate surface area is 119 Å². The second kappa shape index (κ2) is 4.82. The summed E-state index contributed by atoms with van der Waals surface area (Å²) in [6.07, 6.45) is 2.85. The van der Waals surface area contributed by atoms with Crippen molar-refractivity contribution < 1.29 is 13.2 Å². The van der Waals surface area contributed by atoms with Crippen molar-refractivity contribution in [2.24, 2.45) is 12.5 Å². The van der Waals surface area contributed by atoms with E-state index in [4.69, 9.17) is 4.74 Å². The van der Waals surface area contributed by atoms with E-state index < -0.39 is 10.0 Å². The van der Waals surface area contributed by atoms with Gasteiger partial charge in [0.15, 0.2) is 5.03 Å². The zero-order chi connectivity index (χ0) is 14.4. The maximum absolute atomic E-state index is 12.7. The molecule has 0 atom stereocenters. The van der Waals surface area contributed by atoms with Gasteiger partial charge in [-0.05, 0) is 37.7 Å². The Bertz CT molecular complexity index is 592. The quantitative estimate of drug-likeness (QED) is 0.814. The summed E-state index contributed by atoms with van der Waals surface area (Å²) in [7, 11) is -1.75. The van der Waals surface area contributed by atoms with Crippen LogP contribution in [0.1, 0.15) is 25.0 Å². The van der Waals surface area contributed by atoms with Crippen LogP contribution in [0.4, 0.5) is 0 Å². The number of sulfonamides is 1. The maximum atomic E-state index is 12.7. The van der Waals surface area contributed by atoms with Crippen LogP contribution in [-0.2, 0) is 21.8 Å². The van der Waals surface area contributed by atoms with Crippen LogP contribution >= 0.6 is 0 Å². The van der Waals surface area contributed by atoms with E-state index in [9.17, 15) is 8.42 Å². The van der Waals surface area contributed by atoms with Gasteiger partial charge in [0.05, 0.1) is 12.3 Å². The number of aromatic nitrogens is 2. The number of ether oxygens (including phenoxy) is 1. The molecule has 20 heavy (non-hydrogen) atoms. The molecule has 3 heterocycles. The van der Waals surface area contributed by atoms with E-state index in [-0.39, 0.29) is 10.4 Å². The van der Waals surface area contributed by atoms with Gasteiger partial charge < -0.3 is 4.74 Å². The Morgan fingerprint density at radius 1 is 1.30 bits per heavy atom. The lowest BCUT2D eigenvalue weighted by molar-refractivity contribution is 0.109. The Hall–Kier alpha value is -0.920. The van der Waals surface area contributed by atoms with Crippen molar-refractivity contribution >= 4 is 10.0 Å². The summed E-state index contributed by atoms with van der Waals surface area (Å²) >= 11 is 0. The summed E-state index contributed by atoms with van der Waals surface area (Å²) in [6.45, 7) is 4.56. The molecule has 1 spiro atoms. The molecule has 0 unspecified atom stereocenters. The van der Waals surface area contributed by atoms with Gasteiger partial charge in [-0.25, -0.2) is 8.42 Å². The van der Waals surface area contributed by atoms with Gasteiger partial charge in [-0.15, -0.1) is 0 Å². The maximum Gasteiger partial charge on any atom is 0.260 e. The van der Waals surface area contributed by atoms with E-state index in [1.54, 1.807) is 24.3 Å². The van der Waals surface area contributed by atoms with E-state index >= 15 is 0 Å². The van der Waals surface area contributed by atoms with Crippen LogP contribution in [0.2, 0.25) is 0 Å². The topological polar surface area (TPSA) is 64.4 Å². The molecule has 0 aliphatic carbocycles. The van der Waals surface area contributed by atoms with Gasteiger partial charge >= 0.3 is 0 Å². The third-order valence-electron chi connectivity index (χ3n) is 4.53. The van der Waals surface area contributed by atoms with Crippen molar-refractivity contribution in [2.45, 2.75) is 31.2 Å². The van der Waals surface area contributed by atoms with Gasteiger partial charge in [0.25, 0.3) is 10.0 Å². The van der Waals surface area contributed by atoms with E-state index in [0.29, 0.717) is 13.1 Å². The number of piperidine rings is 1. The highest BCUT2D eigenvalue weighted by atomic mass is 32.2. The highest BCUT2D eigenvalue weighted by Crippen LogP contribution is 2.40. The van der Waals surface area contributed by atoms with Gasteiger partial charge in [-0.1, -0.05) is 0 Å². The molecular weight excluding hydrogens is 278 g/mol. The summed E-state index contributed by atoms with van der Waals surface area (Å²) in [4.78, 5) is 0. The van der Waals surface area contributed by atoms with Crippen LogP contribution < -0.4 is 0 Å². The zero-order valence-corrected chi connectivity index (χ0v) is 12.8. The number of rotatable bonds is 2. The van der Waals surface area contributed by atoms with Crippen LogP contribution in [0.5, 0.6) is 0 Å². The molecule has 0 aromatic carbocycles. The van der Waals surface area contributed by atoms with Gasteiger partial charge in [0.1, 0.15) is 0 Å². The summed E-state index contributed by atoms with van der Waals surface area (Å²) in [5.74, 6) is 0. The predicted molar refractivity (Wildman–Crippen MR) is 73.8 cm³/mol. The molecule has 2 fully saturated rings. The molecule has 3 rings (SSSR count). The number of hydrogen-bond acceptors (Lipinski definition) is 4. The van der Waals surface area contributed by atoms with Crippen molar-refractivity contribution in [3.05, 3.63) is 11.8 Å². The number of hydrogen-bond donors (Lipinski definition) is 0. The van der Waals surface area contributed by atoms with Crippen LogP contribution in [0.3, 0.4) is 0 Å². The van der Waals surface area contributed by atoms with E-state index in [2.05, 4.69) is 5.10 Å². The van der Waals surface area contributed by atoms with E-state index in [1.165, 1.54) is 4.68 Å². The second-order valence-corrected chi connectivity index (χ2v) is 7.84. The fourth-order valence-corrected chi connectivity index (χ4v) is 4.83. The Kier molecular flexibility index (Phi) is 3.38.